The van der Waals surface area contributed by atoms with Crippen LogP contribution in [0.15, 0.2) is 0 Å². The zero-order valence-electron chi connectivity index (χ0n) is 38.4. The second-order valence-electron chi connectivity index (χ2n) is 20.9. The van der Waals surface area contributed by atoms with Gasteiger partial charge in [0.1, 0.15) is 31.4 Å². The monoisotopic (exact) mass is 813 g/mol. The molecular formula is C49H80O9. The molecular weight excluding hydrogens is 733 g/mol. The molecule has 9 nitrogen and oxygen atoms in total. The van der Waals surface area contributed by atoms with Gasteiger partial charge in [-0.25, -0.2) is 0 Å². The molecule has 0 radical (unpaired) electrons. The smallest absolute Gasteiger partial charge is 0.146 e. The molecule has 6 saturated carbocycles. The first-order valence-electron chi connectivity index (χ1n) is 22.6. The molecule has 6 unspecified atom stereocenters. The molecule has 0 amide bonds. The van der Waals surface area contributed by atoms with Gasteiger partial charge in [-0.2, -0.15) is 0 Å². The van der Waals surface area contributed by atoms with Crippen LogP contribution >= 0.6 is 0 Å². The highest BCUT2D eigenvalue weighted by molar-refractivity contribution is 5.88. The Morgan fingerprint density at radius 1 is 0.655 bits per heavy atom. The second-order valence-corrected chi connectivity index (χ2v) is 20.9. The summed E-state index contributed by atoms with van der Waals surface area (Å²) in [5.41, 5.74) is -1.25. The van der Waals surface area contributed by atoms with E-state index in [1.165, 1.54) is 0 Å². The Morgan fingerprint density at radius 3 is 1.41 bits per heavy atom. The van der Waals surface area contributed by atoms with E-state index in [1.54, 1.807) is 14.2 Å². The summed E-state index contributed by atoms with van der Waals surface area (Å²) in [6.07, 6.45) is 18.9. The van der Waals surface area contributed by atoms with Gasteiger partial charge in [0, 0.05) is 74.8 Å². The maximum Gasteiger partial charge on any atom is 0.146 e. The van der Waals surface area contributed by atoms with Gasteiger partial charge < -0.3 is 33.2 Å². The zero-order chi connectivity index (χ0) is 42.9. The molecule has 0 heterocycles. The van der Waals surface area contributed by atoms with Crippen molar-refractivity contribution in [2.24, 2.45) is 68.0 Å². The minimum Gasteiger partial charge on any atom is -0.381 e. The van der Waals surface area contributed by atoms with E-state index < -0.39 is 10.8 Å². The van der Waals surface area contributed by atoms with Gasteiger partial charge >= 0.3 is 0 Å². The number of Topliss-reactive ketones (excluding diaryl/α,β-unsaturated/α-hetero) is 2. The van der Waals surface area contributed by atoms with Crippen molar-refractivity contribution in [3.05, 3.63) is 0 Å². The van der Waals surface area contributed by atoms with Crippen molar-refractivity contribution < 1.29 is 42.8 Å². The van der Waals surface area contributed by atoms with Gasteiger partial charge in [0.25, 0.3) is 0 Å². The van der Waals surface area contributed by atoms with Crippen LogP contribution in [0.1, 0.15) is 145 Å². The molecule has 0 aliphatic heterocycles. The lowest BCUT2D eigenvalue weighted by Gasteiger charge is -2.62. The Bertz CT molecular complexity index is 1490. The standard InChI is InChI=1S/C25H40O4.C24H40O5/c1-8-9-12-23(4)15-20(29-16-27-6)24(5)17(2)10-13-25(18(3)22(23)26)14-11-19(28-7)21(24)25;1-16-8-11-24-12-9-18(28-6)20(24)23(16,4)19(29-15-27-5)14-22(3,10-7-13-25)21(26)17(24)2/h1,17-21H,9-16H2,2-7H3;13,16-20H,7-12,14-15H2,1-6H3/t17-,18+,19-,20?,21?,23-,24+,25?;16-,17+,18-,19?,20?,22-,23+,24?/m11/s1. The molecule has 0 aromatic rings. The van der Waals surface area contributed by atoms with E-state index in [0.717, 1.165) is 64.1 Å². The summed E-state index contributed by atoms with van der Waals surface area (Å²) in [7, 11) is 6.96. The Morgan fingerprint density at radius 2 is 1.05 bits per heavy atom. The molecule has 6 fully saturated rings. The summed E-state index contributed by atoms with van der Waals surface area (Å²) in [4.78, 5) is 39.1. The van der Waals surface area contributed by atoms with Crippen LogP contribution in [0.3, 0.4) is 0 Å². The number of ether oxygens (including phenoxy) is 6. The summed E-state index contributed by atoms with van der Waals surface area (Å²) in [6.45, 7) is 18.5. The summed E-state index contributed by atoms with van der Waals surface area (Å²) >= 11 is 0. The maximum absolute atomic E-state index is 14.0. The van der Waals surface area contributed by atoms with Gasteiger partial charge in [0.2, 0.25) is 0 Å². The number of rotatable bonds is 13. The molecule has 0 N–H and O–H groups in total. The van der Waals surface area contributed by atoms with Crippen molar-refractivity contribution in [1.82, 2.24) is 0 Å². The van der Waals surface area contributed by atoms with E-state index in [9.17, 15) is 14.4 Å². The Balaban J connectivity index is 0.000000221. The number of hydrogen-bond donors (Lipinski definition) is 0. The van der Waals surface area contributed by atoms with Crippen molar-refractivity contribution in [2.45, 2.75) is 170 Å². The van der Waals surface area contributed by atoms with Crippen LogP contribution in [0.5, 0.6) is 0 Å². The fourth-order valence-electron chi connectivity index (χ4n) is 14.9. The lowest BCUT2D eigenvalue weighted by atomic mass is 9.43. The fourth-order valence-corrected chi connectivity index (χ4v) is 14.9. The normalized spacial score (nSPS) is 47.3. The first-order valence-corrected chi connectivity index (χ1v) is 22.6. The third-order valence-corrected chi connectivity index (χ3v) is 18.7. The van der Waals surface area contributed by atoms with E-state index in [0.29, 0.717) is 67.3 Å². The van der Waals surface area contributed by atoms with Gasteiger partial charge in [-0.05, 0) is 112 Å². The van der Waals surface area contributed by atoms with Crippen molar-refractivity contribution >= 4 is 17.9 Å². The third kappa shape index (κ3) is 7.63. The fraction of sp³-hybridized carbons (Fsp3) is 0.898. The molecule has 6 rings (SSSR count). The van der Waals surface area contributed by atoms with Gasteiger partial charge in [0.05, 0.1) is 24.4 Å². The lowest BCUT2D eigenvalue weighted by molar-refractivity contribution is -0.220. The largest absolute Gasteiger partial charge is 0.381 e. The quantitative estimate of drug-likeness (QED) is 0.102. The molecule has 6 aliphatic rings. The number of carbonyl (C=O) groups is 3. The SMILES string of the molecule is C#CCC[C@]1(C)CC(OCOC)[C@@]2(C)C3[C@H](OC)CCC3(CC[C@H]2C)[C@@H](C)C1=O.COCOC1C[C@@](C)(CCC=O)C(=O)[C@H](C)C23CC[C@@H](C)[C@]1(C)C2[C@H](OC)CC3. The lowest BCUT2D eigenvalue weighted by Crippen LogP contribution is -2.63. The van der Waals surface area contributed by atoms with Crippen LogP contribution in [0, 0.1) is 80.3 Å². The predicted octanol–water partition coefficient (Wildman–Crippen LogP) is 9.27. The van der Waals surface area contributed by atoms with E-state index >= 15 is 0 Å². The first kappa shape index (κ1) is 47.4. The molecule has 0 aromatic heterocycles. The molecule has 0 aromatic carbocycles. The van der Waals surface area contributed by atoms with Gasteiger partial charge in [-0.1, -0.05) is 55.4 Å². The molecule has 0 saturated heterocycles. The average molecular weight is 813 g/mol. The summed E-state index contributed by atoms with van der Waals surface area (Å²) in [5.74, 6) is 5.01. The van der Waals surface area contributed by atoms with Gasteiger partial charge in [-0.15, -0.1) is 12.3 Å². The molecule has 4 bridgehead atoms. The van der Waals surface area contributed by atoms with Crippen LogP contribution < -0.4 is 0 Å². The number of hydrogen-bond acceptors (Lipinski definition) is 9. The number of aldehydes is 1. The highest BCUT2D eigenvalue weighted by Gasteiger charge is 2.69. The summed E-state index contributed by atoms with van der Waals surface area (Å²) in [6, 6.07) is 0. The number of methoxy groups -OCH3 is 4. The van der Waals surface area contributed by atoms with Gasteiger partial charge in [0.15, 0.2) is 0 Å². The van der Waals surface area contributed by atoms with Crippen molar-refractivity contribution in [1.29, 1.82) is 0 Å². The van der Waals surface area contributed by atoms with E-state index in [2.05, 4.69) is 61.3 Å². The summed E-state index contributed by atoms with van der Waals surface area (Å²) < 4.78 is 35.5. The molecule has 16 atom stereocenters. The van der Waals surface area contributed by atoms with Crippen LogP contribution in [0.2, 0.25) is 0 Å². The predicted molar refractivity (Wildman–Crippen MR) is 226 cm³/mol. The van der Waals surface area contributed by atoms with E-state index in [-0.39, 0.29) is 71.5 Å². The Hall–Kier alpha value is -1.67. The molecule has 58 heavy (non-hydrogen) atoms. The highest BCUT2D eigenvalue weighted by atomic mass is 16.7. The minimum atomic E-state index is -0.555. The van der Waals surface area contributed by atoms with Crippen LogP contribution in [-0.2, 0) is 42.8 Å². The number of carbonyl (C=O) groups excluding carboxylic acids is 3. The Kier molecular flexibility index (Phi) is 15.0. The molecule has 0 spiro atoms. The second kappa shape index (κ2) is 18.4. The van der Waals surface area contributed by atoms with Crippen LogP contribution in [-0.4, -0.2) is 84.3 Å². The third-order valence-electron chi connectivity index (χ3n) is 18.7. The molecule has 330 valence electrons. The van der Waals surface area contributed by atoms with Crippen molar-refractivity contribution in [3.8, 4) is 12.3 Å². The minimum absolute atomic E-state index is 0.00841. The van der Waals surface area contributed by atoms with Crippen LogP contribution in [0.25, 0.3) is 0 Å². The average Bonchev–Trinajstić information content (AvgIpc) is 3.82. The first-order chi connectivity index (χ1) is 27.4. The highest BCUT2D eigenvalue weighted by Crippen LogP contribution is 2.70. The number of terminal acetylenes is 1. The van der Waals surface area contributed by atoms with E-state index in [1.807, 2.05) is 14.2 Å². The van der Waals surface area contributed by atoms with Crippen molar-refractivity contribution in [2.75, 3.05) is 42.0 Å². The topological polar surface area (TPSA) is 107 Å². The number of ketones is 2. The maximum atomic E-state index is 14.0. The molecule has 9 heteroatoms. The van der Waals surface area contributed by atoms with E-state index in [4.69, 9.17) is 34.8 Å². The molecule has 6 aliphatic carbocycles. The van der Waals surface area contributed by atoms with Crippen LogP contribution in [0.4, 0.5) is 0 Å². The zero-order valence-corrected chi connectivity index (χ0v) is 38.4. The van der Waals surface area contributed by atoms with Gasteiger partial charge in [-0.3, -0.25) is 9.59 Å². The Labute approximate surface area is 351 Å². The summed E-state index contributed by atoms with van der Waals surface area (Å²) in [5, 5.41) is 0. The van der Waals surface area contributed by atoms with Crippen molar-refractivity contribution in [3.63, 3.8) is 0 Å².